The minimum absolute atomic E-state index is 0.334. The van der Waals surface area contributed by atoms with Gasteiger partial charge < -0.3 is 14.4 Å². The minimum atomic E-state index is 0.334. The summed E-state index contributed by atoms with van der Waals surface area (Å²) < 4.78 is 12.1. The van der Waals surface area contributed by atoms with Gasteiger partial charge in [0.25, 0.3) is 0 Å². The van der Waals surface area contributed by atoms with Crippen LogP contribution in [0.1, 0.15) is 41.6 Å². The molecule has 2 fully saturated rings. The quantitative estimate of drug-likeness (QED) is 0.512. The van der Waals surface area contributed by atoms with E-state index in [2.05, 4.69) is 43.0 Å². The number of aryl methyl sites for hydroxylation is 2. The predicted octanol–water partition coefficient (Wildman–Crippen LogP) is 5.31. The molecule has 0 spiro atoms. The second-order valence-electron chi connectivity index (χ2n) is 9.14. The lowest BCUT2D eigenvalue weighted by Gasteiger charge is -2.22. The van der Waals surface area contributed by atoms with Gasteiger partial charge in [0.15, 0.2) is 0 Å². The Morgan fingerprint density at radius 1 is 1.09 bits per heavy atom. The molecule has 0 radical (unpaired) electrons. The average molecular weight is 428 g/mol. The summed E-state index contributed by atoms with van der Waals surface area (Å²) in [6.07, 6.45) is 4.09. The first-order valence-electron chi connectivity index (χ1n) is 11.5. The van der Waals surface area contributed by atoms with Crippen molar-refractivity contribution in [3.63, 3.8) is 0 Å². The molecule has 5 rings (SSSR count). The van der Waals surface area contributed by atoms with E-state index in [1.165, 1.54) is 29.5 Å². The number of fused-ring (bicyclic) bond motifs is 1. The Morgan fingerprint density at radius 3 is 2.66 bits per heavy atom. The molecule has 2 aromatic carbocycles. The lowest BCUT2D eigenvalue weighted by molar-refractivity contribution is 0.0605. The molecule has 1 aliphatic carbocycles. The van der Waals surface area contributed by atoms with Gasteiger partial charge in [0.2, 0.25) is 0 Å². The maximum Gasteiger partial charge on any atom is 0.119 e. The zero-order chi connectivity index (χ0) is 22.1. The number of rotatable bonds is 7. The highest BCUT2D eigenvalue weighted by atomic mass is 16.5. The van der Waals surface area contributed by atoms with E-state index in [4.69, 9.17) is 19.7 Å². The van der Waals surface area contributed by atoms with Crippen molar-refractivity contribution in [2.45, 2.75) is 45.8 Å². The number of benzene rings is 2. The molecule has 5 nitrogen and oxygen atoms in total. The van der Waals surface area contributed by atoms with E-state index < -0.39 is 0 Å². The lowest BCUT2D eigenvalue weighted by atomic mass is 10.0. The number of nitrogens with zero attached hydrogens (tertiary/aromatic N) is 3. The van der Waals surface area contributed by atoms with Crippen LogP contribution in [0.25, 0.3) is 10.9 Å². The highest BCUT2D eigenvalue weighted by Gasteiger charge is 2.28. The molecule has 2 aliphatic rings. The Balaban J connectivity index is 1.35. The van der Waals surface area contributed by atoms with Gasteiger partial charge in [0.1, 0.15) is 12.4 Å². The van der Waals surface area contributed by atoms with Crippen molar-refractivity contribution in [2.24, 2.45) is 5.92 Å². The molecule has 1 aliphatic heterocycles. The highest BCUT2D eigenvalue weighted by Crippen LogP contribution is 2.34. The summed E-state index contributed by atoms with van der Waals surface area (Å²) in [5.74, 6) is 1.57. The van der Waals surface area contributed by atoms with E-state index in [1.54, 1.807) is 12.1 Å². The standard InChI is InChI=1S/C27H29N3O2/c1-18-11-25-26(13-22(18)17-32-23-7-5-20(14-28)6-8-23)29-19(2)12-27(25)30-10-9-24(15-30)31-16-21-3-4-21/h5-8,11-13,21,24H,3-4,9-10,15-17H2,1-2H3. The largest absolute Gasteiger partial charge is 0.489 e. The molecule has 1 unspecified atom stereocenters. The molecule has 0 N–H and O–H groups in total. The van der Waals surface area contributed by atoms with E-state index in [1.807, 2.05) is 12.1 Å². The molecule has 2 heterocycles. The second kappa shape index (κ2) is 8.80. The van der Waals surface area contributed by atoms with Crippen LogP contribution in [0.2, 0.25) is 0 Å². The zero-order valence-corrected chi connectivity index (χ0v) is 18.8. The molecule has 1 saturated heterocycles. The summed E-state index contributed by atoms with van der Waals surface area (Å²) in [5.41, 5.74) is 6.24. The summed E-state index contributed by atoms with van der Waals surface area (Å²) in [6, 6.07) is 16.0. The molecular weight excluding hydrogens is 398 g/mol. The smallest absolute Gasteiger partial charge is 0.119 e. The van der Waals surface area contributed by atoms with Crippen molar-refractivity contribution in [3.8, 4) is 11.8 Å². The molecule has 0 amide bonds. The molecule has 0 bridgehead atoms. The third kappa shape index (κ3) is 4.56. The first kappa shape index (κ1) is 20.8. The summed E-state index contributed by atoms with van der Waals surface area (Å²) in [7, 11) is 0. The minimum Gasteiger partial charge on any atom is -0.489 e. The van der Waals surface area contributed by atoms with Crippen LogP contribution in [0, 0.1) is 31.1 Å². The number of hydrogen-bond acceptors (Lipinski definition) is 5. The van der Waals surface area contributed by atoms with Crippen molar-refractivity contribution in [2.75, 3.05) is 24.6 Å². The van der Waals surface area contributed by atoms with Gasteiger partial charge in [-0.1, -0.05) is 0 Å². The number of nitriles is 1. The van der Waals surface area contributed by atoms with Gasteiger partial charge >= 0.3 is 0 Å². The fourth-order valence-corrected chi connectivity index (χ4v) is 4.38. The normalized spacial score (nSPS) is 18.2. The summed E-state index contributed by atoms with van der Waals surface area (Å²) >= 11 is 0. The van der Waals surface area contributed by atoms with E-state index in [0.29, 0.717) is 18.3 Å². The summed E-state index contributed by atoms with van der Waals surface area (Å²) in [4.78, 5) is 7.28. The maximum atomic E-state index is 8.95. The van der Waals surface area contributed by atoms with Crippen molar-refractivity contribution >= 4 is 16.6 Å². The Morgan fingerprint density at radius 2 is 1.91 bits per heavy atom. The third-order valence-electron chi connectivity index (χ3n) is 6.50. The van der Waals surface area contributed by atoms with Gasteiger partial charge in [0.05, 0.1) is 23.3 Å². The molecule has 164 valence electrons. The fourth-order valence-electron chi connectivity index (χ4n) is 4.38. The summed E-state index contributed by atoms with van der Waals surface area (Å²) in [6.45, 7) is 7.57. The lowest BCUT2D eigenvalue weighted by Crippen LogP contribution is -2.23. The van der Waals surface area contributed by atoms with Crippen LogP contribution in [0.15, 0.2) is 42.5 Å². The first-order valence-corrected chi connectivity index (χ1v) is 11.5. The van der Waals surface area contributed by atoms with Crippen LogP contribution < -0.4 is 9.64 Å². The SMILES string of the molecule is Cc1cc(N2CCC(OCC3CC3)C2)c2cc(C)c(COc3ccc(C#N)cc3)cc2n1. The average Bonchev–Trinajstić information content (AvgIpc) is 3.52. The van der Waals surface area contributed by atoms with Crippen LogP contribution in [-0.2, 0) is 11.3 Å². The van der Waals surface area contributed by atoms with E-state index in [9.17, 15) is 0 Å². The number of hydrogen-bond donors (Lipinski definition) is 0. The van der Waals surface area contributed by atoms with E-state index >= 15 is 0 Å². The van der Waals surface area contributed by atoms with E-state index in [-0.39, 0.29) is 0 Å². The number of ether oxygens (including phenoxy) is 2. The van der Waals surface area contributed by atoms with Gasteiger partial charge in [-0.15, -0.1) is 0 Å². The van der Waals surface area contributed by atoms with Crippen molar-refractivity contribution in [1.29, 1.82) is 5.26 Å². The number of anilines is 1. The van der Waals surface area contributed by atoms with Gasteiger partial charge in [0, 0.05) is 36.5 Å². The van der Waals surface area contributed by atoms with Crippen LogP contribution in [0.3, 0.4) is 0 Å². The Hall–Kier alpha value is -3.10. The third-order valence-corrected chi connectivity index (χ3v) is 6.50. The van der Waals surface area contributed by atoms with Crippen LogP contribution in [-0.4, -0.2) is 30.8 Å². The van der Waals surface area contributed by atoms with Gasteiger partial charge in [-0.3, -0.25) is 4.98 Å². The number of aromatic nitrogens is 1. The molecule has 3 aromatic rings. The van der Waals surface area contributed by atoms with Crippen LogP contribution >= 0.6 is 0 Å². The molecule has 5 heteroatoms. The predicted molar refractivity (Wildman–Crippen MR) is 126 cm³/mol. The Bertz CT molecular complexity index is 1160. The van der Waals surface area contributed by atoms with Gasteiger partial charge in [-0.2, -0.15) is 5.26 Å². The number of pyridine rings is 1. The van der Waals surface area contributed by atoms with Crippen LogP contribution in [0.4, 0.5) is 5.69 Å². The van der Waals surface area contributed by atoms with E-state index in [0.717, 1.165) is 54.6 Å². The molecule has 1 saturated carbocycles. The maximum absolute atomic E-state index is 8.95. The topological polar surface area (TPSA) is 58.4 Å². The molecule has 32 heavy (non-hydrogen) atoms. The van der Waals surface area contributed by atoms with Crippen molar-refractivity contribution in [3.05, 3.63) is 64.8 Å². The second-order valence-corrected chi connectivity index (χ2v) is 9.14. The van der Waals surface area contributed by atoms with Gasteiger partial charge in [-0.05, 0) is 92.6 Å². The van der Waals surface area contributed by atoms with Crippen molar-refractivity contribution in [1.82, 2.24) is 4.98 Å². The Kier molecular flexibility index (Phi) is 5.71. The molecule has 1 atom stereocenters. The van der Waals surface area contributed by atoms with Crippen LogP contribution in [0.5, 0.6) is 5.75 Å². The highest BCUT2D eigenvalue weighted by molar-refractivity contribution is 5.93. The monoisotopic (exact) mass is 427 g/mol. The first-order chi connectivity index (χ1) is 15.6. The Labute approximate surface area is 189 Å². The summed E-state index contributed by atoms with van der Waals surface area (Å²) in [5, 5.41) is 10.1. The zero-order valence-electron chi connectivity index (χ0n) is 18.8. The fraction of sp³-hybridized carbons (Fsp3) is 0.407. The van der Waals surface area contributed by atoms with Crippen molar-refractivity contribution < 1.29 is 9.47 Å². The van der Waals surface area contributed by atoms with Gasteiger partial charge in [-0.25, -0.2) is 0 Å². The molecular formula is C27H29N3O2. The molecule has 1 aromatic heterocycles.